The molecule has 0 aromatic heterocycles. The highest BCUT2D eigenvalue weighted by molar-refractivity contribution is 7.47. The Morgan fingerprint density at radius 3 is 0.602 bits per heavy atom. The summed E-state index contributed by atoms with van der Waals surface area (Å²) in [5.41, 5.74) is 0. The average Bonchev–Trinajstić information content (AvgIpc) is 0.916. The van der Waals surface area contributed by atoms with Gasteiger partial charge in [-0.2, -0.15) is 0 Å². The predicted molar refractivity (Wildman–Crippen MR) is 423 cm³/mol. The minimum atomic E-state index is -4.96. The first-order valence-corrected chi connectivity index (χ1v) is 46.2. The Morgan fingerprint density at radius 2 is 0.408 bits per heavy atom. The van der Waals surface area contributed by atoms with Crippen molar-refractivity contribution in [3.63, 3.8) is 0 Å². The molecule has 0 aromatic carbocycles. The van der Waals surface area contributed by atoms with Crippen molar-refractivity contribution in [3.05, 3.63) is 0 Å². The van der Waals surface area contributed by atoms with Gasteiger partial charge in [-0.05, 0) is 49.4 Å². The van der Waals surface area contributed by atoms with Gasteiger partial charge in [-0.1, -0.05) is 383 Å². The van der Waals surface area contributed by atoms with Crippen molar-refractivity contribution >= 4 is 39.5 Å². The number of ether oxygens (including phenoxy) is 4. The number of hydrogen-bond donors (Lipinski definition) is 3. The molecule has 0 bridgehead atoms. The molecule has 0 aliphatic rings. The van der Waals surface area contributed by atoms with Gasteiger partial charge in [-0.3, -0.25) is 37.3 Å². The largest absolute Gasteiger partial charge is 0.472 e. The third kappa shape index (κ3) is 78.0. The van der Waals surface area contributed by atoms with Crippen LogP contribution in [-0.4, -0.2) is 96.7 Å². The van der Waals surface area contributed by atoms with Gasteiger partial charge in [-0.15, -0.1) is 0 Å². The zero-order valence-corrected chi connectivity index (χ0v) is 69.7. The summed E-state index contributed by atoms with van der Waals surface area (Å²) < 4.78 is 68.8. The van der Waals surface area contributed by atoms with Crippen LogP contribution in [0.25, 0.3) is 0 Å². The van der Waals surface area contributed by atoms with Crippen LogP contribution in [0.3, 0.4) is 0 Å². The molecule has 19 heteroatoms. The Labute approximate surface area is 632 Å². The van der Waals surface area contributed by atoms with Crippen LogP contribution >= 0.6 is 15.6 Å². The number of phosphoric acid groups is 2. The highest BCUT2D eigenvalue weighted by Crippen LogP contribution is 2.45. The number of rotatable bonds is 81. The monoisotopic (exact) mass is 1510 g/mol. The smallest absolute Gasteiger partial charge is 0.462 e. The van der Waals surface area contributed by atoms with Crippen LogP contribution in [0.4, 0.5) is 0 Å². The number of hydrogen-bond acceptors (Lipinski definition) is 15. The highest BCUT2D eigenvalue weighted by Gasteiger charge is 2.30. The first-order chi connectivity index (χ1) is 49.6. The fraction of sp³-hybridized carbons (Fsp3) is 0.952. The summed E-state index contributed by atoms with van der Waals surface area (Å²) in [6.07, 6.45) is 61.2. The van der Waals surface area contributed by atoms with Crippen LogP contribution in [0.1, 0.15) is 434 Å². The number of carbonyl (C=O) groups excluding carboxylic acids is 4. The molecule has 3 unspecified atom stereocenters. The Kier molecular flexibility index (Phi) is 71.5. The van der Waals surface area contributed by atoms with E-state index in [1.807, 2.05) is 0 Å². The molecule has 0 aliphatic carbocycles. The number of unbranched alkanes of at least 4 members (excludes halogenated alkanes) is 47. The SMILES string of the molecule is CC(C)CCCCCCCCCCCCCCCCCCCCC(=O)O[C@H](COC(=O)CCCCCCCCCC(C)C)COP(=O)(O)OCC(O)COP(=O)(O)OC[C@@H](COC(=O)CCCCCCCCCCCCCC(C)C)OC(=O)CCCCCCCCCCCCCCCCCC(C)C. The van der Waals surface area contributed by atoms with Gasteiger partial charge in [0.05, 0.1) is 26.4 Å². The molecule has 0 saturated heterocycles. The van der Waals surface area contributed by atoms with Gasteiger partial charge in [0.1, 0.15) is 19.3 Å². The minimum absolute atomic E-state index is 0.107. The van der Waals surface area contributed by atoms with E-state index in [4.69, 9.17) is 37.0 Å². The molecule has 0 spiro atoms. The van der Waals surface area contributed by atoms with E-state index < -0.39 is 97.5 Å². The van der Waals surface area contributed by atoms with Crippen LogP contribution in [0.2, 0.25) is 0 Å². The second-order valence-corrected chi connectivity index (χ2v) is 35.0. The van der Waals surface area contributed by atoms with Gasteiger partial charge in [-0.25, -0.2) is 9.13 Å². The molecule has 0 aliphatic heterocycles. The summed E-state index contributed by atoms with van der Waals surface area (Å²) in [5, 5.41) is 10.7. The van der Waals surface area contributed by atoms with Gasteiger partial charge in [0.15, 0.2) is 12.2 Å². The molecule has 0 amide bonds. The van der Waals surface area contributed by atoms with Crippen LogP contribution in [0, 0.1) is 23.7 Å². The summed E-state index contributed by atoms with van der Waals surface area (Å²) in [7, 11) is -9.93. The Hall–Kier alpha value is -1.94. The maximum atomic E-state index is 13.1. The normalized spacial score (nSPS) is 14.0. The standard InChI is InChI=1S/C84H164O17P2/c1-74(2)60-52-44-36-29-23-18-14-11-9-10-12-16-20-26-33-41-50-58-67-84(89)101-80(71-95-82(87)65-57-49-43-35-39-47-55-63-77(7)8)73-99-103(92,93)97-69-78(85)68-96-102(90,91)98-72-79(70-94-81(86)64-56-48-40-32-28-22-25-31-38-46-54-62-76(5)6)100-83(88)66-59-51-42-34-27-21-17-13-15-19-24-30-37-45-53-61-75(3)4/h74-80,85H,9-73H2,1-8H3,(H,90,91)(H,92,93)/t78?,79-,80-/m1/s1. The summed E-state index contributed by atoms with van der Waals surface area (Å²) in [5.74, 6) is 0.988. The maximum Gasteiger partial charge on any atom is 0.472 e. The lowest BCUT2D eigenvalue weighted by atomic mass is 10.0. The summed E-state index contributed by atoms with van der Waals surface area (Å²) in [4.78, 5) is 73.1. The second kappa shape index (κ2) is 72.9. The molecule has 0 saturated carbocycles. The molecule has 0 rings (SSSR count). The summed E-state index contributed by atoms with van der Waals surface area (Å²) in [6, 6.07) is 0. The second-order valence-electron chi connectivity index (χ2n) is 32.1. The van der Waals surface area contributed by atoms with E-state index in [1.165, 1.54) is 231 Å². The molecule has 17 nitrogen and oxygen atoms in total. The first kappa shape index (κ1) is 101. The quantitative estimate of drug-likeness (QED) is 0.0222. The molecular formula is C84H164O17P2. The third-order valence-electron chi connectivity index (χ3n) is 19.6. The van der Waals surface area contributed by atoms with Crippen LogP contribution in [0.5, 0.6) is 0 Å². The van der Waals surface area contributed by atoms with E-state index in [0.29, 0.717) is 31.6 Å². The van der Waals surface area contributed by atoms with Gasteiger partial charge in [0.2, 0.25) is 0 Å². The molecule has 0 fully saturated rings. The summed E-state index contributed by atoms with van der Waals surface area (Å²) >= 11 is 0. The van der Waals surface area contributed by atoms with E-state index >= 15 is 0 Å². The molecular weight excluding hydrogens is 1340 g/mol. The zero-order chi connectivity index (χ0) is 76.0. The van der Waals surface area contributed by atoms with Crippen molar-refractivity contribution in [1.82, 2.24) is 0 Å². The van der Waals surface area contributed by atoms with Gasteiger partial charge in [0.25, 0.3) is 0 Å². The molecule has 103 heavy (non-hydrogen) atoms. The van der Waals surface area contributed by atoms with E-state index in [-0.39, 0.29) is 25.7 Å². The molecule has 0 heterocycles. The topological polar surface area (TPSA) is 237 Å². The Bertz CT molecular complexity index is 2010. The lowest BCUT2D eigenvalue weighted by molar-refractivity contribution is -0.161. The average molecular weight is 1510 g/mol. The minimum Gasteiger partial charge on any atom is -0.462 e. The van der Waals surface area contributed by atoms with Crippen LogP contribution in [0.15, 0.2) is 0 Å². The third-order valence-corrected chi connectivity index (χ3v) is 21.5. The van der Waals surface area contributed by atoms with Crippen LogP contribution < -0.4 is 0 Å². The fourth-order valence-corrected chi connectivity index (χ4v) is 14.5. The number of phosphoric ester groups is 2. The highest BCUT2D eigenvalue weighted by atomic mass is 31.2. The Morgan fingerprint density at radius 1 is 0.243 bits per heavy atom. The van der Waals surface area contributed by atoms with Gasteiger partial charge in [0, 0.05) is 25.7 Å². The fourth-order valence-electron chi connectivity index (χ4n) is 13.0. The van der Waals surface area contributed by atoms with Crippen molar-refractivity contribution in [3.8, 4) is 0 Å². The molecule has 3 N–H and O–H groups in total. The molecule has 612 valence electrons. The number of aliphatic hydroxyl groups is 1. The number of carbonyl (C=O) groups is 4. The number of esters is 4. The van der Waals surface area contributed by atoms with E-state index in [0.717, 1.165) is 114 Å². The zero-order valence-electron chi connectivity index (χ0n) is 68.0. The van der Waals surface area contributed by atoms with Crippen molar-refractivity contribution in [2.24, 2.45) is 23.7 Å². The van der Waals surface area contributed by atoms with E-state index in [9.17, 15) is 43.2 Å². The van der Waals surface area contributed by atoms with E-state index in [2.05, 4.69) is 55.4 Å². The summed E-state index contributed by atoms with van der Waals surface area (Å²) in [6.45, 7) is 14.3. The molecule has 5 atom stereocenters. The van der Waals surface area contributed by atoms with Gasteiger partial charge >= 0.3 is 39.5 Å². The first-order valence-electron chi connectivity index (χ1n) is 43.2. The van der Waals surface area contributed by atoms with Crippen molar-refractivity contribution < 1.29 is 80.2 Å². The molecule has 0 radical (unpaired) electrons. The Balaban J connectivity index is 5.21. The van der Waals surface area contributed by atoms with Crippen molar-refractivity contribution in [1.29, 1.82) is 0 Å². The lowest BCUT2D eigenvalue weighted by Crippen LogP contribution is -2.30. The molecule has 0 aromatic rings. The van der Waals surface area contributed by atoms with Gasteiger partial charge < -0.3 is 33.8 Å². The maximum absolute atomic E-state index is 13.1. The van der Waals surface area contributed by atoms with E-state index in [1.54, 1.807) is 0 Å². The lowest BCUT2D eigenvalue weighted by Gasteiger charge is -2.21. The van der Waals surface area contributed by atoms with Crippen molar-refractivity contribution in [2.75, 3.05) is 39.6 Å². The van der Waals surface area contributed by atoms with Crippen LogP contribution in [-0.2, 0) is 65.4 Å². The predicted octanol–water partition coefficient (Wildman–Crippen LogP) is 25.2. The number of aliphatic hydroxyl groups excluding tert-OH is 1. The van der Waals surface area contributed by atoms with Crippen molar-refractivity contribution in [2.45, 2.75) is 453 Å².